The average Bonchev–Trinajstić information content (AvgIpc) is 3.67. The van der Waals surface area contributed by atoms with E-state index in [0.29, 0.717) is 46.0 Å². The number of hydrogen-bond donors (Lipinski definition) is 3. The minimum Gasteiger partial charge on any atom is -0.492 e. The number of pyridine rings is 1. The van der Waals surface area contributed by atoms with Gasteiger partial charge in [0.2, 0.25) is 5.91 Å². The van der Waals surface area contributed by atoms with Gasteiger partial charge in [-0.25, -0.2) is 9.78 Å². The molecule has 14 heteroatoms. The van der Waals surface area contributed by atoms with Crippen LogP contribution in [0.15, 0.2) is 54.7 Å². The van der Waals surface area contributed by atoms with E-state index in [1.54, 1.807) is 38.1 Å². The van der Waals surface area contributed by atoms with Gasteiger partial charge < -0.3 is 25.0 Å². The molecular formula is C47H60N8O6. The van der Waals surface area contributed by atoms with Crippen LogP contribution in [0.4, 0.5) is 16.2 Å². The number of aliphatic hydroxyl groups is 1. The van der Waals surface area contributed by atoms with E-state index in [1.807, 2.05) is 43.0 Å². The monoisotopic (exact) mass is 832 g/mol. The molecule has 0 atom stereocenters. The molecule has 0 bridgehead atoms. The van der Waals surface area contributed by atoms with Gasteiger partial charge in [0, 0.05) is 73.2 Å². The lowest BCUT2D eigenvalue weighted by Gasteiger charge is -2.46. The zero-order chi connectivity index (χ0) is 42.9. The summed E-state index contributed by atoms with van der Waals surface area (Å²) in [5.74, 6) is 0.593. The highest BCUT2D eigenvalue weighted by molar-refractivity contribution is 6.07. The summed E-state index contributed by atoms with van der Waals surface area (Å²) >= 11 is 0. The van der Waals surface area contributed by atoms with Gasteiger partial charge in [0.25, 0.3) is 11.8 Å². The zero-order valence-electron chi connectivity index (χ0n) is 36.0. The van der Waals surface area contributed by atoms with E-state index in [-0.39, 0.29) is 36.7 Å². The highest BCUT2D eigenvalue weighted by Gasteiger charge is 2.39. The largest absolute Gasteiger partial charge is 0.492 e. The second-order valence-electron chi connectivity index (χ2n) is 18.2. The fourth-order valence-corrected chi connectivity index (χ4v) is 9.89. The zero-order valence-corrected chi connectivity index (χ0v) is 36.0. The number of piperidine rings is 2. The summed E-state index contributed by atoms with van der Waals surface area (Å²) in [5.41, 5.74) is 3.21. The number of ether oxygens (including phenoxy) is 1. The molecule has 3 N–H and O–H groups in total. The van der Waals surface area contributed by atoms with Gasteiger partial charge in [0.1, 0.15) is 11.4 Å². The molecule has 5 amide bonds. The fourth-order valence-electron chi connectivity index (χ4n) is 9.89. The number of benzene rings is 2. The third kappa shape index (κ3) is 9.45. The number of nitrogens with zero attached hydrogens (tertiary/aromatic N) is 6. The van der Waals surface area contributed by atoms with E-state index in [4.69, 9.17) is 9.84 Å². The Balaban J connectivity index is 0.802. The average molecular weight is 833 g/mol. The van der Waals surface area contributed by atoms with Gasteiger partial charge in [-0.15, -0.1) is 0 Å². The van der Waals surface area contributed by atoms with Gasteiger partial charge in [-0.05, 0) is 146 Å². The maximum absolute atomic E-state index is 13.8. The number of likely N-dealkylation sites (tertiary alicyclic amines) is 2. The highest BCUT2D eigenvalue weighted by atomic mass is 16.5. The van der Waals surface area contributed by atoms with Gasteiger partial charge in [0.15, 0.2) is 0 Å². The number of nitrogens with one attached hydrogen (secondary N) is 2. The molecule has 4 aromatic rings. The third-order valence-corrected chi connectivity index (χ3v) is 13.6. The topological polar surface area (TPSA) is 162 Å². The van der Waals surface area contributed by atoms with Crippen LogP contribution in [-0.2, 0) is 10.4 Å². The third-order valence-electron chi connectivity index (χ3n) is 13.6. The summed E-state index contributed by atoms with van der Waals surface area (Å²) in [6.45, 7) is 12.5. The summed E-state index contributed by atoms with van der Waals surface area (Å²) in [4.78, 5) is 61.7. The SMILES string of the molecule is CCOc1ccc(C(=O)N2CCC3(CCC(CCN4CCC(n5cc6cc(NC(=O)c7cccc(C)n7)c(C(C)(C)O)cc6n5)CC4)CC3)CC2)cc1N1CCC(=O)NC1=O. The first-order valence-electron chi connectivity index (χ1n) is 22.2. The Hall–Kier alpha value is -5.34. The van der Waals surface area contributed by atoms with Crippen molar-refractivity contribution in [3.8, 4) is 5.75 Å². The Morgan fingerprint density at radius 2 is 1.72 bits per heavy atom. The molecule has 3 aliphatic heterocycles. The number of rotatable bonds is 11. The van der Waals surface area contributed by atoms with E-state index in [9.17, 15) is 24.3 Å². The number of fused-ring (bicyclic) bond motifs is 1. The minimum atomic E-state index is -1.19. The van der Waals surface area contributed by atoms with Crippen LogP contribution in [0.5, 0.6) is 5.75 Å². The normalized spacial score (nSPS) is 19.4. The number of carbonyl (C=O) groups is 4. The summed E-state index contributed by atoms with van der Waals surface area (Å²) in [6.07, 6.45) is 12.5. The predicted molar refractivity (Wildman–Crippen MR) is 234 cm³/mol. The second-order valence-corrected chi connectivity index (χ2v) is 18.2. The van der Waals surface area contributed by atoms with E-state index >= 15 is 0 Å². The number of imide groups is 1. The number of anilines is 2. The van der Waals surface area contributed by atoms with Crippen molar-refractivity contribution in [3.63, 3.8) is 0 Å². The van der Waals surface area contributed by atoms with Gasteiger partial charge in [-0.1, -0.05) is 6.07 Å². The lowest BCUT2D eigenvalue weighted by molar-refractivity contribution is -0.120. The van der Waals surface area contributed by atoms with Crippen LogP contribution in [0.25, 0.3) is 10.9 Å². The molecule has 1 saturated carbocycles. The van der Waals surface area contributed by atoms with Crippen molar-refractivity contribution in [1.82, 2.24) is 29.9 Å². The van der Waals surface area contributed by atoms with Crippen LogP contribution in [0.2, 0.25) is 0 Å². The Morgan fingerprint density at radius 1 is 0.967 bits per heavy atom. The van der Waals surface area contributed by atoms with E-state index in [0.717, 1.165) is 80.9 Å². The summed E-state index contributed by atoms with van der Waals surface area (Å²) in [7, 11) is 0. The Morgan fingerprint density at radius 3 is 2.41 bits per heavy atom. The molecule has 61 heavy (non-hydrogen) atoms. The summed E-state index contributed by atoms with van der Waals surface area (Å²) in [5, 5.41) is 22.3. The maximum Gasteiger partial charge on any atom is 0.328 e. The molecule has 5 heterocycles. The highest BCUT2D eigenvalue weighted by Crippen LogP contribution is 2.47. The van der Waals surface area contributed by atoms with Gasteiger partial charge in [0.05, 0.1) is 29.5 Å². The Bertz CT molecular complexity index is 2270. The second kappa shape index (κ2) is 17.6. The molecule has 4 aliphatic rings. The lowest BCUT2D eigenvalue weighted by Crippen LogP contribution is -2.49. The maximum atomic E-state index is 13.8. The quantitative estimate of drug-likeness (QED) is 0.142. The van der Waals surface area contributed by atoms with Crippen molar-refractivity contribution < 1.29 is 29.0 Å². The van der Waals surface area contributed by atoms with Crippen LogP contribution >= 0.6 is 0 Å². The lowest BCUT2D eigenvalue weighted by atomic mass is 9.65. The molecule has 1 spiro atoms. The molecule has 3 saturated heterocycles. The minimum absolute atomic E-state index is 0.0301. The molecule has 2 aromatic carbocycles. The van der Waals surface area contributed by atoms with Crippen molar-refractivity contribution in [3.05, 3.63) is 77.2 Å². The molecule has 8 rings (SSSR count). The van der Waals surface area contributed by atoms with Crippen molar-refractivity contribution in [2.45, 2.75) is 104 Å². The predicted octanol–water partition coefficient (Wildman–Crippen LogP) is 7.20. The molecule has 2 aromatic heterocycles. The van der Waals surface area contributed by atoms with Crippen LogP contribution in [0, 0.1) is 18.3 Å². The smallest absolute Gasteiger partial charge is 0.328 e. The van der Waals surface area contributed by atoms with Gasteiger partial charge >= 0.3 is 6.03 Å². The van der Waals surface area contributed by atoms with Crippen LogP contribution in [0.1, 0.15) is 123 Å². The molecular weight excluding hydrogens is 773 g/mol. The van der Waals surface area contributed by atoms with Crippen molar-refractivity contribution in [1.29, 1.82) is 0 Å². The summed E-state index contributed by atoms with van der Waals surface area (Å²) in [6, 6.07) is 14.2. The number of urea groups is 1. The number of hydrogen-bond acceptors (Lipinski definition) is 9. The Labute approximate surface area is 358 Å². The van der Waals surface area contributed by atoms with Gasteiger partial charge in [-0.2, -0.15) is 5.10 Å². The first-order valence-corrected chi connectivity index (χ1v) is 22.2. The number of aromatic nitrogens is 3. The molecule has 1 aliphatic carbocycles. The summed E-state index contributed by atoms with van der Waals surface area (Å²) < 4.78 is 7.87. The van der Waals surface area contributed by atoms with Crippen molar-refractivity contribution in [2.75, 3.05) is 56.1 Å². The molecule has 14 nitrogen and oxygen atoms in total. The van der Waals surface area contributed by atoms with Gasteiger partial charge in [-0.3, -0.25) is 29.3 Å². The fraction of sp³-hybridized carbons (Fsp3) is 0.532. The standard InChI is InChI=1S/C47H60N8O6/c1-5-61-41-10-9-33(28-40(41)54-24-16-42(56)50-45(54)59)44(58)53-25-19-47(20-26-53)17-11-32(12-18-47)13-21-52-22-14-35(15-23-52)55-30-34-27-39(36(46(3,4)60)29-38(34)51-55)49-43(57)37-8-6-7-31(2)48-37/h6-10,27-30,32,35,60H,5,11-26H2,1-4H3,(H,49,57)(H,50,56,59). The van der Waals surface area contributed by atoms with Crippen LogP contribution < -0.4 is 20.3 Å². The van der Waals surface area contributed by atoms with E-state index in [1.165, 1.54) is 37.0 Å². The molecule has 0 radical (unpaired) electrons. The first kappa shape index (κ1) is 42.4. The van der Waals surface area contributed by atoms with E-state index in [2.05, 4.69) is 31.4 Å². The van der Waals surface area contributed by atoms with Crippen molar-refractivity contribution in [2.24, 2.45) is 11.3 Å². The van der Waals surface area contributed by atoms with Crippen molar-refractivity contribution >= 4 is 46.0 Å². The molecule has 4 fully saturated rings. The molecule has 324 valence electrons. The molecule has 0 unspecified atom stereocenters. The Kier molecular flexibility index (Phi) is 12.2. The number of amides is 5. The van der Waals surface area contributed by atoms with E-state index < -0.39 is 11.6 Å². The first-order chi connectivity index (χ1) is 29.3. The van der Waals surface area contributed by atoms with Crippen LogP contribution in [0.3, 0.4) is 0 Å². The number of carbonyl (C=O) groups excluding carboxylic acids is 4. The number of aryl methyl sites for hydroxylation is 1. The van der Waals surface area contributed by atoms with Crippen LogP contribution in [-0.4, -0.2) is 99.3 Å².